The minimum Gasteiger partial charge on any atom is -0.459 e. The second-order valence-corrected chi connectivity index (χ2v) is 5.66. The van der Waals surface area contributed by atoms with Crippen LogP contribution in [-0.2, 0) is 16.0 Å². The molecule has 0 bridgehead atoms. The Hall–Kier alpha value is -1.42. The van der Waals surface area contributed by atoms with Crippen LogP contribution >= 0.6 is 0 Å². The molecule has 0 aliphatic heterocycles. The van der Waals surface area contributed by atoms with Crippen molar-refractivity contribution in [3.63, 3.8) is 0 Å². The minimum atomic E-state index is -0.479. The smallest absolute Gasteiger partial charge is 0.320 e. The molecule has 1 atom stereocenters. The van der Waals surface area contributed by atoms with E-state index in [0.29, 0.717) is 12.0 Å². The van der Waals surface area contributed by atoms with Crippen LogP contribution in [0.3, 0.4) is 0 Å². The van der Waals surface area contributed by atoms with Crippen molar-refractivity contribution >= 4 is 5.97 Å². The van der Waals surface area contributed by atoms with Crippen LogP contribution < -0.4 is 5.32 Å². The van der Waals surface area contributed by atoms with E-state index in [-0.39, 0.29) is 24.4 Å². The van der Waals surface area contributed by atoms with Crippen molar-refractivity contribution in [1.82, 2.24) is 5.32 Å². The third-order valence-electron chi connectivity index (χ3n) is 2.50. The van der Waals surface area contributed by atoms with E-state index in [0.717, 1.165) is 0 Å². The zero-order valence-electron chi connectivity index (χ0n) is 12.0. The first-order chi connectivity index (χ1) is 8.78. The number of nitrogens with one attached hydrogen (secondary N) is 1. The maximum absolute atomic E-state index is 13.5. The zero-order chi connectivity index (χ0) is 14.5. The summed E-state index contributed by atoms with van der Waals surface area (Å²) in [6.45, 7) is 7.53. The Morgan fingerprint density at radius 1 is 1.37 bits per heavy atom. The van der Waals surface area contributed by atoms with Crippen LogP contribution in [0.25, 0.3) is 0 Å². The van der Waals surface area contributed by atoms with Gasteiger partial charge in [0.1, 0.15) is 11.4 Å². The molecule has 0 fully saturated rings. The summed E-state index contributed by atoms with van der Waals surface area (Å²) in [5.41, 5.74) is 0.166. The molecule has 0 saturated carbocycles. The van der Waals surface area contributed by atoms with Crippen molar-refractivity contribution in [3.8, 4) is 0 Å². The standard InChI is InChI=1S/C15H22FNO2/c1-11(9-12-7-5-6-8-13(12)16)17-10-14(18)19-15(2,3)4/h5-8,11,17H,9-10H2,1-4H3. The lowest BCUT2D eigenvalue weighted by atomic mass is 10.1. The van der Waals surface area contributed by atoms with Crippen LogP contribution in [0.1, 0.15) is 33.3 Å². The Bertz CT molecular complexity index is 426. The summed E-state index contributed by atoms with van der Waals surface area (Å²) in [6.07, 6.45) is 0.537. The zero-order valence-corrected chi connectivity index (χ0v) is 12.0. The van der Waals surface area contributed by atoms with E-state index in [1.807, 2.05) is 27.7 Å². The fourth-order valence-electron chi connectivity index (χ4n) is 1.70. The van der Waals surface area contributed by atoms with Crippen LogP contribution in [0.2, 0.25) is 0 Å². The predicted molar refractivity (Wildman–Crippen MR) is 73.4 cm³/mol. The maximum atomic E-state index is 13.5. The summed E-state index contributed by atoms with van der Waals surface area (Å²) in [5, 5.41) is 3.04. The van der Waals surface area contributed by atoms with Gasteiger partial charge in [0, 0.05) is 6.04 Å². The quantitative estimate of drug-likeness (QED) is 0.834. The average Bonchev–Trinajstić information content (AvgIpc) is 2.27. The molecule has 1 aromatic rings. The Kier molecular flexibility index (Phi) is 5.48. The SMILES string of the molecule is CC(Cc1ccccc1F)NCC(=O)OC(C)(C)C. The molecular weight excluding hydrogens is 245 g/mol. The second kappa shape index (κ2) is 6.66. The molecule has 1 rings (SSSR count). The number of benzene rings is 1. The van der Waals surface area contributed by atoms with Gasteiger partial charge in [0.25, 0.3) is 0 Å². The van der Waals surface area contributed by atoms with Gasteiger partial charge in [-0.15, -0.1) is 0 Å². The number of carbonyl (C=O) groups excluding carboxylic acids is 1. The molecule has 106 valence electrons. The molecule has 1 unspecified atom stereocenters. The van der Waals surface area contributed by atoms with Crippen molar-refractivity contribution in [2.24, 2.45) is 0 Å². The topological polar surface area (TPSA) is 38.3 Å². The monoisotopic (exact) mass is 267 g/mol. The molecule has 0 amide bonds. The molecule has 1 N–H and O–H groups in total. The minimum absolute atomic E-state index is 0.00409. The van der Waals surface area contributed by atoms with Crippen molar-refractivity contribution in [3.05, 3.63) is 35.6 Å². The fraction of sp³-hybridized carbons (Fsp3) is 0.533. The first-order valence-electron chi connectivity index (χ1n) is 6.46. The summed E-state index contributed by atoms with van der Waals surface area (Å²) in [6, 6.07) is 6.66. The number of carbonyl (C=O) groups is 1. The van der Waals surface area contributed by atoms with E-state index in [4.69, 9.17) is 4.74 Å². The molecule has 1 aromatic carbocycles. The predicted octanol–water partition coefficient (Wildman–Crippen LogP) is 2.69. The van der Waals surface area contributed by atoms with Crippen molar-refractivity contribution in [2.75, 3.05) is 6.54 Å². The summed E-state index contributed by atoms with van der Waals surface area (Å²) < 4.78 is 18.6. The highest BCUT2D eigenvalue weighted by molar-refractivity contribution is 5.72. The Labute approximate surface area is 114 Å². The molecule has 0 heterocycles. The van der Waals surface area contributed by atoms with E-state index in [1.54, 1.807) is 18.2 Å². The molecule has 3 nitrogen and oxygen atoms in total. The van der Waals surface area contributed by atoms with Crippen molar-refractivity contribution in [1.29, 1.82) is 0 Å². The van der Waals surface area contributed by atoms with Crippen LogP contribution in [0, 0.1) is 5.82 Å². The van der Waals surface area contributed by atoms with Crippen molar-refractivity contribution in [2.45, 2.75) is 45.8 Å². The molecule has 0 radical (unpaired) electrons. The summed E-state index contributed by atoms with van der Waals surface area (Å²) >= 11 is 0. The van der Waals surface area contributed by atoms with Gasteiger partial charge in [-0.3, -0.25) is 4.79 Å². The lowest BCUT2D eigenvalue weighted by molar-refractivity contribution is -0.153. The highest BCUT2D eigenvalue weighted by Crippen LogP contribution is 2.09. The van der Waals surface area contributed by atoms with Crippen LogP contribution in [0.4, 0.5) is 4.39 Å². The van der Waals surface area contributed by atoms with Gasteiger partial charge >= 0.3 is 5.97 Å². The lowest BCUT2D eigenvalue weighted by Crippen LogP contribution is -2.36. The molecule has 4 heteroatoms. The molecule has 0 saturated heterocycles. The van der Waals surface area contributed by atoms with Gasteiger partial charge in [0.2, 0.25) is 0 Å². The summed E-state index contributed by atoms with van der Waals surface area (Å²) in [5.74, 6) is -0.513. The van der Waals surface area contributed by atoms with Gasteiger partial charge < -0.3 is 10.1 Å². The van der Waals surface area contributed by atoms with Gasteiger partial charge in [0.15, 0.2) is 0 Å². The fourth-order valence-corrected chi connectivity index (χ4v) is 1.70. The van der Waals surface area contributed by atoms with Gasteiger partial charge in [-0.1, -0.05) is 18.2 Å². The number of halogens is 1. The normalized spacial score (nSPS) is 13.1. The molecular formula is C15H22FNO2. The maximum Gasteiger partial charge on any atom is 0.320 e. The number of esters is 1. The van der Waals surface area contributed by atoms with Crippen LogP contribution in [0.15, 0.2) is 24.3 Å². The molecule has 0 aromatic heterocycles. The Morgan fingerprint density at radius 3 is 2.58 bits per heavy atom. The molecule has 0 aliphatic carbocycles. The first kappa shape index (κ1) is 15.6. The number of rotatable bonds is 5. The highest BCUT2D eigenvalue weighted by Gasteiger charge is 2.16. The van der Waals surface area contributed by atoms with Gasteiger partial charge in [0.05, 0.1) is 6.54 Å². The van der Waals surface area contributed by atoms with Gasteiger partial charge in [-0.25, -0.2) is 4.39 Å². The van der Waals surface area contributed by atoms with Crippen LogP contribution in [0.5, 0.6) is 0 Å². The van der Waals surface area contributed by atoms with Crippen molar-refractivity contribution < 1.29 is 13.9 Å². The Morgan fingerprint density at radius 2 is 2.00 bits per heavy atom. The number of ether oxygens (including phenoxy) is 1. The summed E-state index contributed by atoms with van der Waals surface area (Å²) in [4.78, 5) is 11.5. The average molecular weight is 267 g/mol. The van der Waals surface area contributed by atoms with E-state index < -0.39 is 5.60 Å². The Balaban J connectivity index is 2.38. The summed E-state index contributed by atoms with van der Waals surface area (Å²) in [7, 11) is 0. The van der Waals surface area contributed by atoms with E-state index in [9.17, 15) is 9.18 Å². The number of hydrogen-bond acceptors (Lipinski definition) is 3. The van der Waals surface area contributed by atoms with E-state index >= 15 is 0 Å². The van der Waals surface area contributed by atoms with E-state index in [1.165, 1.54) is 6.07 Å². The highest BCUT2D eigenvalue weighted by atomic mass is 19.1. The van der Waals surface area contributed by atoms with Gasteiger partial charge in [-0.05, 0) is 45.7 Å². The third kappa shape index (κ3) is 6.34. The largest absolute Gasteiger partial charge is 0.459 e. The van der Waals surface area contributed by atoms with Crippen LogP contribution in [-0.4, -0.2) is 24.2 Å². The molecule has 0 aliphatic rings. The molecule has 19 heavy (non-hydrogen) atoms. The van der Waals surface area contributed by atoms with E-state index in [2.05, 4.69) is 5.32 Å². The first-order valence-corrected chi connectivity index (χ1v) is 6.46. The molecule has 0 spiro atoms. The lowest BCUT2D eigenvalue weighted by Gasteiger charge is -2.21. The second-order valence-electron chi connectivity index (χ2n) is 5.66. The number of hydrogen-bond donors (Lipinski definition) is 1. The third-order valence-corrected chi connectivity index (χ3v) is 2.50. The van der Waals surface area contributed by atoms with Gasteiger partial charge in [-0.2, -0.15) is 0 Å².